The van der Waals surface area contributed by atoms with Crippen LogP contribution in [-0.2, 0) is 11.3 Å². The third-order valence-corrected chi connectivity index (χ3v) is 3.78. The molecule has 0 fully saturated rings. The molecule has 0 bridgehead atoms. The third kappa shape index (κ3) is 3.85. The summed E-state index contributed by atoms with van der Waals surface area (Å²) in [7, 11) is 0. The standard InChI is InChI=1S/C8H5Cl4NOS/c9-4-1-2-15-5(4)3-13-8(14)6(10)7(11)12/h1-2H,3H2,(H,13,14). The summed E-state index contributed by atoms with van der Waals surface area (Å²) in [5.41, 5.74) is 0. The van der Waals surface area contributed by atoms with Gasteiger partial charge in [0.1, 0.15) is 9.52 Å². The molecule has 0 aliphatic rings. The maximum absolute atomic E-state index is 11.3. The fraction of sp³-hybridized carbons (Fsp3) is 0.125. The number of hydrogen-bond acceptors (Lipinski definition) is 2. The molecule has 0 aliphatic heterocycles. The molecule has 1 rings (SSSR count). The van der Waals surface area contributed by atoms with Crippen molar-refractivity contribution in [3.05, 3.63) is 30.9 Å². The molecule has 1 heterocycles. The monoisotopic (exact) mass is 303 g/mol. The summed E-state index contributed by atoms with van der Waals surface area (Å²) in [4.78, 5) is 12.1. The summed E-state index contributed by atoms with van der Waals surface area (Å²) in [5.74, 6) is -0.527. The third-order valence-electron chi connectivity index (χ3n) is 1.47. The average Bonchev–Trinajstić information content (AvgIpc) is 2.59. The number of halogens is 4. The minimum absolute atomic E-state index is 0.231. The quantitative estimate of drug-likeness (QED) is 0.843. The molecule has 0 atom stereocenters. The lowest BCUT2D eigenvalue weighted by atomic mass is 10.4. The van der Waals surface area contributed by atoms with E-state index >= 15 is 0 Å². The zero-order valence-electron chi connectivity index (χ0n) is 7.19. The van der Waals surface area contributed by atoms with Crippen LogP contribution in [0.3, 0.4) is 0 Å². The van der Waals surface area contributed by atoms with Crippen LogP contribution in [0.2, 0.25) is 5.02 Å². The molecule has 0 saturated carbocycles. The van der Waals surface area contributed by atoms with Crippen LogP contribution >= 0.6 is 57.7 Å². The summed E-state index contributed by atoms with van der Waals surface area (Å²) in [6.45, 7) is 0.298. The normalized spacial score (nSPS) is 9.87. The summed E-state index contributed by atoms with van der Waals surface area (Å²) in [6, 6.07) is 1.75. The Hall–Kier alpha value is 0.0700. The lowest BCUT2D eigenvalue weighted by molar-refractivity contribution is -0.117. The second kappa shape index (κ2) is 5.97. The van der Waals surface area contributed by atoms with Crippen molar-refractivity contribution in [2.75, 3.05) is 0 Å². The largest absolute Gasteiger partial charge is 0.346 e. The number of thiophene rings is 1. The summed E-state index contributed by atoms with van der Waals surface area (Å²) in [5, 5.41) is 4.74. The SMILES string of the molecule is O=C(NCc1sccc1Cl)C(Cl)=C(Cl)Cl. The fourth-order valence-electron chi connectivity index (χ4n) is 0.775. The van der Waals surface area contributed by atoms with Gasteiger partial charge in [0.05, 0.1) is 11.6 Å². The van der Waals surface area contributed by atoms with Crippen LogP contribution in [-0.4, -0.2) is 5.91 Å². The van der Waals surface area contributed by atoms with E-state index in [1.807, 2.05) is 5.38 Å². The maximum Gasteiger partial charge on any atom is 0.265 e. The van der Waals surface area contributed by atoms with Gasteiger partial charge >= 0.3 is 0 Å². The van der Waals surface area contributed by atoms with Gasteiger partial charge < -0.3 is 5.32 Å². The molecule has 2 nitrogen and oxygen atoms in total. The van der Waals surface area contributed by atoms with Crippen LogP contribution in [0, 0.1) is 0 Å². The predicted octanol–water partition coefficient (Wildman–Crippen LogP) is 3.90. The highest BCUT2D eigenvalue weighted by Crippen LogP contribution is 2.22. The highest BCUT2D eigenvalue weighted by atomic mass is 35.5. The minimum Gasteiger partial charge on any atom is -0.346 e. The Morgan fingerprint density at radius 3 is 2.53 bits per heavy atom. The van der Waals surface area contributed by atoms with Gasteiger partial charge in [-0.15, -0.1) is 11.3 Å². The van der Waals surface area contributed by atoms with E-state index in [0.29, 0.717) is 11.6 Å². The van der Waals surface area contributed by atoms with Gasteiger partial charge in [-0.2, -0.15) is 0 Å². The first-order valence-electron chi connectivity index (χ1n) is 3.73. The molecule has 15 heavy (non-hydrogen) atoms. The first-order valence-corrected chi connectivity index (χ1v) is 6.12. The van der Waals surface area contributed by atoms with E-state index in [1.165, 1.54) is 11.3 Å². The van der Waals surface area contributed by atoms with E-state index in [-0.39, 0.29) is 9.52 Å². The molecule has 0 aromatic carbocycles. The molecule has 1 N–H and O–H groups in total. The highest BCUT2D eigenvalue weighted by molar-refractivity contribution is 7.10. The zero-order chi connectivity index (χ0) is 11.4. The average molecular weight is 305 g/mol. The Balaban J connectivity index is 2.56. The van der Waals surface area contributed by atoms with Crippen LogP contribution in [0.4, 0.5) is 0 Å². The van der Waals surface area contributed by atoms with Crippen molar-refractivity contribution in [3.63, 3.8) is 0 Å². The van der Waals surface area contributed by atoms with Crippen LogP contribution in [0.15, 0.2) is 21.0 Å². The van der Waals surface area contributed by atoms with Crippen molar-refractivity contribution >= 4 is 63.6 Å². The van der Waals surface area contributed by atoms with Crippen molar-refractivity contribution < 1.29 is 4.79 Å². The molecule has 0 spiro atoms. The van der Waals surface area contributed by atoms with Gasteiger partial charge in [-0.25, -0.2) is 0 Å². The molecule has 0 saturated heterocycles. The van der Waals surface area contributed by atoms with Crippen LogP contribution < -0.4 is 5.32 Å². The second-order valence-electron chi connectivity index (χ2n) is 2.45. The van der Waals surface area contributed by atoms with E-state index in [0.717, 1.165) is 4.88 Å². The summed E-state index contributed by atoms with van der Waals surface area (Å²) >= 11 is 23.5. The van der Waals surface area contributed by atoms with Gasteiger partial charge in [-0.3, -0.25) is 4.79 Å². The van der Waals surface area contributed by atoms with E-state index < -0.39 is 5.91 Å². The summed E-state index contributed by atoms with van der Waals surface area (Å²) in [6.07, 6.45) is 0. The molecule has 0 radical (unpaired) electrons. The maximum atomic E-state index is 11.3. The molecule has 0 aliphatic carbocycles. The van der Waals surface area contributed by atoms with Crippen molar-refractivity contribution in [2.45, 2.75) is 6.54 Å². The van der Waals surface area contributed by atoms with Crippen molar-refractivity contribution in [3.8, 4) is 0 Å². The van der Waals surface area contributed by atoms with Crippen LogP contribution in [0.1, 0.15) is 4.88 Å². The number of carbonyl (C=O) groups excluding carboxylic acids is 1. The molecular formula is C8H5Cl4NOS. The van der Waals surface area contributed by atoms with E-state index in [1.54, 1.807) is 6.07 Å². The van der Waals surface area contributed by atoms with E-state index in [9.17, 15) is 4.79 Å². The Morgan fingerprint density at radius 1 is 1.40 bits per heavy atom. The lowest BCUT2D eigenvalue weighted by Gasteiger charge is -2.02. The van der Waals surface area contributed by atoms with E-state index in [4.69, 9.17) is 46.4 Å². The Bertz CT molecular complexity index is 397. The predicted molar refractivity (Wildman–Crippen MR) is 65.8 cm³/mol. The zero-order valence-corrected chi connectivity index (χ0v) is 11.0. The Labute approximate surface area is 111 Å². The molecular weight excluding hydrogens is 300 g/mol. The van der Waals surface area contributed by atoms with Gasteiger partial charge in [-0.1, -0.05) is 46.4 Å². The molecule has 1 aromatic rings. The van der Waals surface area contributed by atoms with Gasteiger partial charge in [0.15, 0.2) is 0 Å². The number of hydrogen-bond donors (Lipinski definition) is 1. The molecule has 7 heteroatoms. The summed E-state index contributed by atoms with van der Waals surface area (Å²) < 4.78 is -0.258. The lowest BCUT2D eigenvalue weighted by Crippen LogP contribution is -2.22. The van der Waals surface area contributed by atoms with E-state index in [2.05, 4.69) is 5.32 Å². The topological polar surface area (TPSA) is 29.1 Å². The molecule has 82 valence electrons. The Morgan fingerprint density at radius 2 is 2.07 bits per heavy atom. The van der Waals surface area contributed by atoms with Gasteiger partial charge in [0.2, 0.25) is 0 Å². The number of nitrogens with one attached hydrogen (secondary N) is 1. The molecule has 1 amide bonds. The number of carbonyl (C=O) groups is 1. The highest BCUT2D eigenvalue weighted by Gasteiger charge is 2.11. The molecule has 1 aromatic heterocycles. The fourth-order valence-corrected chi connectivity index (χ4v) is 2.06. The van der Waals surface area contributed by atoms with Crippen molar-refractivity contribution in [2.24, 2.45) is 0 Å². The van der Waals surface area contributed by atoms with Gasteiger partial charge in [0, 0.05) is 4.88 Å². The van der Waals surface area contributed by atoms with Crippen LogP contribution in [0.5, 0.6) is 0 Å². The first-order chi connectivity index (χ1) is 7.02. The van der Waals surface area contributed by atoms with Crippen LogP contribution in [0.25, 0.3) is 0 Å². The first kappa shape index (κ1) is 13.1. The number of rotatable bonds is 3. The second-order valence-corrected chi connectivity index (χ2v) is 5.18. The Kier molecular flexibility index (Phi) is 5.23. The smallest absolute Gasteiger partial charge is 0.265 e. The van der Waals surface area contributed by atoms with Crippen molar-refractivity contribution in [1.82, 2.24) is 5.32 Å². The van der Waals surface area contributed by atoms with Gasteiger partial charge in [0.25, 0.3) is 5.91 Å². The van der Waals surface area contributed by atoms with Crippen molar-refractivity contribution in [1.29, 1.82) is 0 Å². The van der Waals surface area contributed by atoms with Gasteiger partial charge in [-0.05, 0) is 11.4 Å². The number of amides is 1. The minimum atomic E-state index is -0.527. The molecule has 0 unspecified atom stereocenters.